The predicted molar refractivity (Wildman–Crippen MR) is 162 cm³/mol. The fourth-order valence-corrected chi connectivity index (χ4v) is 4.51. The number of nitrogens with one attached hydrogen (secondary N) is 1. The van der Waals surface area contributed by atoms with Crippen LogP contribution in [0.15, 0.2) is 42.9 Å². The lowest BCUT2D eigenvalue weighted by atomic mass is 9.88. The number of ether oxygens (including phenoxy) is 1. The normalized spacial score (nSPS) is 13.6. The first-order chi connectivity index (χ1) is 19.3. The summed E-state index contributed by atoms with van der Waals surface area (Å²) >= 11 is 0. The van der Waals surface area contributed by atoms with E-state index in [9.17, 15) is 18.0 Å². The molecule has 0 fully saturated rings. The van der Waals surface area contributed by atoms with Crippen molar-refractivity contribution in [2.45, 2.75) is 65.2 Å². The summed E-state index contributed by atoms with van der Waals surface area (Å²) < 4.78 is 46.7. The summed E-state index contributed by atoms with van der Waals surface area (Å²) in [6.07, 6.45) is 7.42. The number of amides is 1. The Morgan fingerprint density at radius 2 is 1.88 bits per heavy atom. The van der Waals surface area contributed by atoms with Gasteiger partial charge < -0.3 is 15.2 Å². The minimum atomic E-state index is -1.37. The predicted octanol–water partition coefficient (Wildman–Crippen LogP) is 7.13. The van der Waals surface area contributed by atoms with Gasteiger partial charge >= 0.3 is 0 Å². The summed E-state index contributed by atoms with van der Waals surface area (Å²) in [5, 5.41) is 12.7. The molecule has 1 aromatic carbocycles. The van der Waals surface area contributed by atoms with Crippen LogP contribution in [0, 0.1) is 23.5 Å². The summed E-state index contributed by atoms with van der Waals surface area (Å²) in [6, 6.07) is 6.23. The molecule has 0 saturated heterocycles. The highest BCUT2D eigenvalue weighted by atomic mass is 31.0. The Kier molecular flexibility index (Phi) is 15.0. The highest BCUT2D eigenvalue weighted by Gasteiger charge is 2.31. The first-order valence-corrected chi connectivity index (χ1v) is 14.1. The van der Waals surface area contributed by atoms with Gasteiger partial charge in [0.2, 0.25) is 11.7 Å². The van der Waals surface area contributed by atoms with E-state index in [2.05, 4.69) is 24.6 Å². The van der Waals surface area contributed by atoms with Gasteiger partial charge in [0.05, 0.1) is 19.0 Å². The van der Waals surface area contributed by atoms with Crippen LogP contribution in [0.5, 0.6) is 5.75 Å². The molecule has 2 aromatic heterocycles. The van der Waals surface area contributed by atoms with Gasteiger partial charge in [0, 0.05) is 43.7 Å². The fourth-order valence-electron chi connectivity index (χ4n) is 4.21. The van der Waals surface area contributed by atoms with E-state index in [4.69, 9.17) is 9.84 Å². The quantitative estimate of drug-likeness (QED) is 0.243. The van der Waals surface area contributed by atoms with Crippen molar-refractivity contribution in [3.63, 3.8) is 0 Å². The van der Waals surface area contributed by atoms with Gasteiger partial charge in [0.1, 0.15) is 5.41 Å². The highest BCUT2D eigenvalue weighted by Crippen LogP contribution is 2.37. The molecule has 228 valence electrons. The number of aliphatic hydroxyl groups excluding tert-OH is 1. The zero-order chi connectivity index (χ0) is 31.3. The van der Waals surface area contributed by atoms with E-state index in [-0.39, 0.29) is 29.4 Å². The number of hydrogen-bond acceptors (Lipinski definition) is 5. The van der Waals surface area contributed by atoms with E-state index in [1.807, 2.05) is 47.0 Å². The number of aliphatic hydroxyl groups is 1. The van der Waals surface area contributed by atoms with E-state index in [1.165, 1.54) is 7.11 Å². The monoisotopic (exact) mass is 596 g/mol. The molecule has 0 aliphatic carbocycles. The SMILES string of the molecule is CCCC(CC(C)C(=O)Nc1ccnc(-c2cnn(C)c2)c1)C(C)(F)P.CO.COc1c(C(C)C)ccc(F)c1F. The maximum atomic E-state index is 14.3. The van der Waals surface area contributed by atoms with Crippen molar-refractivity contribution in [3.05, 3.63) is 60.1 Å². The van der Waals surface area contributed by atoms with Crippen LogP contribution in [0.1, 0.15) is 65.4 Å². The lowest BCUT2D eigenvalue weighted by molar-refractivity contribution is -0.120. The van der Waals surface area contributed by atoms with Crippen LogP contribution in [0.25, 0.3) is 11.3 Å². The Bertz CT molecular complexity index is 1230. The average molecular weight is 597 g/mol. The minimum absolute atomic E-state index is 0.00926. The van der Waals surface area contributed by atoms with E-state index in [0.29, 0.717) is 17.7 Å². The summed E-state index contributed by atoms with van der Waals surface area (Å²) in [6.45, 7) is 9.23. The van der Waals surface area contributed by atoms with Gasteiger partial charge in [-0.05, 0) is 55.4 Å². The molecule has 0 radical (unpaired) electrons. The Morgan fingerprint density at radius 1 is 1.22 bits per heavy atom. The number of aryl methyl sites for hydroxylation is 1. The van der Waals surface area contributed by atoms with Crippen molar-refractivity contribution >= 4 is 20.8 Å². The van der Waals surface area contributed by atoms with Crippen LogP contribution in [-0.4, -0.2) is 45.4 Å². The molecule has 7 nitrogen and oxygen atoms in total. The number of pyridine rings is 1. The Hall–Kier alpha value is -2.97. The first kappa shape index (κ1) is 36.1. The molecular weight excluding hydrogens is 552 g/mol. The highest BCUT2D eigenvalue weighted by molar-refractivity contribution is 7.18. The van der Waals surface area contributed by atoms with Crippen LogP contribution in [0.3, 0.4) is 0 Å². The van der Waals surface area contributed by atoms with Crippen molar-refractivity contribution in [2.24, 2.45) is 18.9 Å². The molecule has 3 rings (SSSR count). The van der Waals surface area contributed by atoms with Gasteiger partial charge in [0.15, 0.2) is 11.6 Å². The van der Waals surface area contributed by atoms with Crippen molar-refractivity contribution in [1.29, 1.82) is 0 Å². The van der Waals surface area contributed by atoms with Gasteiger partial charge in [-0.3, -0.25) is 14.5 Å². The van der Waals surface area contributed by atoms with Crippen LogP contribution < -0.4 is 10.1 Å². The van der Waals surface area contributed by atoms with Crippen LogP contribution in [-0.2, 0) is 11.8 Å². The third-order valence-electron chi connectivity index (χ3n) is 6.46. The second kappa shape index (κ2) is 17.1. The number of nitrogens with zero attached hydrogens (tertiary/aromatic N) is 3. The number of alkyl halides is 1. The lowest BCUT2D eigenvalue weighted by Crippen LogP contribution is -2.29. The largest absolute Gasteiger partial charge is 0.493 e. The average Bonchev–Trinajstić information content (AvgIpc) is 3.37. The van der Waals surface area contributed by atoms with Crippen LogP contribution in [0.2, 0.25) is 0 Å². The minimum Gasteiger partial charge on any atom is -0.493 e. The maximum absolute atomic E-state index is 14.3. The summed E-state index contributed by atoms with van der Waals surface area (Å²) in [4.78, 5) is 16.9. The number of halogens is 3. The Morgan fingerprint density at radius 3 is 2.39 bits per heavy atom. The molecule has 0 bridgehead atoms. The standard InChI is InChI=1S/C19H28FN4OP.C10H12F2O.CH4O/c1-5-6-15(19(3,20)26)9-13(2)18(25)23-16-7-8-21-17(10-16)14-11-22-24(4)12-14;1-6(2)7-4-5-8(11)9(12)10(7)13-3;1-2/h7-8,10-13,15H,5-6,9,26H2,1-4H3,(H,21,23,25);4-6H,1-3H3;2H,1H3. The number of carbonyl (C=O) groups is 1. The molecular formula is C30H44F3N4O3P. The Balaban J connectivity index is 0.000000469. The number of benzene rings is 1. The van der Waals surface area contributed by atoms with Gasteiger partial charge in [-0.1, -0.05) is 49.4 Å². The second-order valence-corrected chi connectivity index (χ2v) is 11.4. The number of hydrogen-bond donors (Lipinski definition) is 2. The molecule has 41 heavy (non-hydrogen) atoms. The molecule has 2 N–H and O–H groups in total. The molecule has 11 heteroatoms. The van der Waals surface area contributed by atoms with Crippen molar-refractivity contribution in [3.8, 4) is 17.0 Å². The van der Waals surface area contributed by atoms with Crippen LogP contribution >= 0.6 is 9.24 Å². The molecule has 4 unspecified atom stereocenters. The third kappa shape index (κ3) is 11.1. The smallest absolute Gasteiger partial charge is 0.227 e. The third-order valence-corrected chi connectivity index (χ3v) is 6.93. The summed E-state index contributed by atoms with van der Waals surface area (Å²) in [7, 11) is 6.45. The van der Waals surface area contributed by atoms with Gasteiger partial charge in [-0.2, -0.15) is 9.49 Å². The molecule has 0 aliphatic heterocycles. The first-order valence-electron chi connectivity index (χ1n) is 13.5. The number of anilines is 1. The van der Waals surface area contributed by atoms with Crippen molar-refractivity contribution in [2.75, 3.05) is 19.5 Å². The number of methoxy groups -OCH3 is 1. The van der Waals surface area contributed by atoms with Gasteiger partial charge in [0.25, 0.3) is 0 Å². The van der Waals surface area contributed by atoms with Crippen molar-refractivity contribution in [1.82, 2.24) is 14.8 Å². The number of rotatable bonds is 10. The number of aromatic nitrogens is 3. The second-order valence-electron chi connectivity index (χ2n) is 10.2. The van der Waals surface area contributed by atoms with Crippen molar-refractivity contribution < 1.29 is 27.8 Å². The molecule has 3 aromatic rings. The zero-order valence-electron chi connectivity index (χ0n) is 25.2. The molecule has 0 spiro atoms. The molecule has 4 atom stereocenters. The molecule has 0 saturated carbocycles. The van der Waals surface area contributed by atoms with E-state index in [0.717, 1.165) is 37.3 Å². The molecule has 1 amide bonds. The van der Waals surface area contributed by atoms with E-state index >= 15 is 0 Å². The van der Waals surface area contributed by atoms with E-state index < -0.39 is 17.0 Å². The molecule has 2 heterocycles. The molecule has 0 aliphatic rings. The summed E-state index contributed by atoms with van der Waals surface area (Å²) in [5.41, 5.74) is 2.99. The lowest BCUT2D eigenvalue weighted by Gasteiger charge is -2.28. The fraction of sp³-hybridized carbons (Fsp3) is 0.500. The van der Waals surface area contributed by atoms with Crippen LogP contribution in [0.4, 0.5) is 18.9 Å². The van der Waals surface area contributed by atoms with Gasteiger partial charge in [-0.15, -0.1) is 0 Å². The number of carbonyl (C=O) groups excluding carboxylic acids is 1. The van der Waals surface area contributed by atoms with Gasteiger partial charge in [-0.25, -0.2) is 8.78 Å². The Labute approximate surface area is 244 Å². The zero-order valence-corrected chi connectivity index (χ0v) is 26.4. The summed E-state index contributed by atoms with van der Waals surface area (Å²) in [5.74, 6) is -2.21. The van der Waals surface area contributed by atoms with E-state index in [1.54, 1.807) is 36.1 Å². The topological polar surface area (TPSA) is 89.3 Å². The maximum Gasteiger partial charge on any atom is 0.227 e.